The summed E-state index contributed by atoms with van der Waals surface area (Å²) < 4.78 is 0. The van der Waals surface area contributed by atoms with Gasteiger partial charge >= 0.3 is 0 Å². The number of carbonyl (C=O) groups excluding carboxylic acids is 1. The van der Waals surface area contributed by atoms with Gasteiger partial charge in [-0.15, -0.1) is 0 Å². The van der Waals surface area contributed by atoms with Gasteiger partial charge in [-0.3, -0.25) is 0 Å². The molecule has 4 heteroatoms. The van der Waals surface area contributed by atoms with Crippen molar-refractivity contribution in [2.24, 2.45) is 5.73 Å². The fourth-order valence-corrected chi connectivity index (χ4v) is 0.263. The largest absolute Gasteiger partial charge is 0.329 e. The standard InChI is InChI=1S/C4H10N2O.Zr/c5-1-2-6-3-4-7;/h4,6H,1-3,5H2;. The molecule has 0 aliphatic rings. The average molecular weight is 193 g/mol. The molecule has 8 heavy (non-hydrogen) atoms. The molecule has 0 aromatic rings. The predicted octanol–water partition coefficient (Wildman–Crippen LogP) is -1.27. The average Bonchev–Trinajstić information content (AvgIpc) is 1.69. The van der Waals surface area contributed by atoms with E-state index in [1.807, 2.05) is 0 Å². The Hall–Kier alpha value is 0.473. The molecule has 0 rings (SSSR count). The molecule has 0 spiro atoms. The summed E-state index contributed by atoms with van der Waals surface area (Å²) in [5.74, 6) is 0. The number of carbonyl (C=O) groups is 1. The van der Waals surface area contributed by atoms with Gasteiger partial charge in [-0.25, -0.2) is 0 Å². The summed E-state index contributed by atoms with van der Waals surface area (Å²) in [6.45, 7) is 1.73. The van der Waals surface area contributed by atoms with Gasteiger partial charge in [0.25, 0.3) is 0 Å². The van der Waals surface area contributed by atoms with E-state index in [0.717, 1.165) is 12.8 Å². The predicted molar refractivity (Wildman–Crippen MR) is 28.0 cm³/mol. The van der Waals surface area contributed by atoms with Crippen LogP contribution in [0, 0.1) is 0 Å². The van der Waals surface area contributed by atoms with Crippen LogP contribution in [-0.2, 0) is 31.0 Å². The summed E-state index contributed by atoms with van der Waals surface area (Å²) in [6, 6.07) is 0. The Morgan fingerprint density at radius 1 is 1.62 bits per heavy atom. The van der Waals surface area contributed by atoms with Gasteiger partial charge in [0.2, 0.25) is 0 Å². The first kappa shape index (κ1) is 11.3. The van der Waals surface area contributed by atoms with Crippen molar-refractivity contribution in [1.82, 2.24) is 5.32 Å². The topological polar surface area (TPSA) is 55.1 Å². The van der Waals surface area contributed by atoms with E-state index in [1.165, 1.54) is 0 Å². The van der Waals surface area contributed by atoms with E-state index in [1.54, 1.807) is 0 Å². The Bertz CT molecular complexity index is 51.3. The van der Waals surface area contributed by atoms with Crippen LogP contribution in [0.1, 0.15) is 0 Å². The summed E-state index contributed by atoms with van der Waals surface area (Å²) in [4.78, 5) is 9.58. The quantitative estimate of drug-likeness (QED) is 0.432. The normalized spacial score (nSPS) is 7.62. The van der Waals surface area contributed by atoms with E-state index in [9.17, 15) is 4.79 Å². The van der Waals surface area contributed by atoms with Crippen LogP contribution in [0.3, 0.4) is 0 Å². The van der Waals surface area contributed by atoms with Crippen molar-refractivity contribution < 1.29 is 31.0 Å². The molecule has 0 bridgehead atoms. The first-order valence-corrected chi connectivity index (χ1v) is 2.26. The van der Waals surface area contributed by atoms with Gasteiger partial charge in [-0.05, 0) is 0 Å². The van der Waals surface area contributed by atoms with Crippen LogP contribution in [0.15, 0.2) is 0 Å². The second-order valence-electron chi connectivity index (χ2n) is 1.16. The molecule has 0 fully saturated rings. The van der Waals surface area contributed by atoms with Crippen molar-refractivity contribution in [3.05, 3.63) is 0 Å². The van der Waals surface area contributed by atoms with Crippen molar-refractivity contribution >= 4 is 6.29 Å². The van der Waals surface area contributed by atoms with Crippen molar-refractivity contribution in [3.8, 4) is 0 Å². The molecule has 0 saturated carbocycles. The zero-order chi connectivity index (χ0) is 5.54. The Balaban J connectivity index is 0. The number of nitrogens with two attached hydrogens (primary N) is 1. The van der Waals surface area contributed by atoms with Crippen LogP contribution in [0.5, 0.6) is 0 Å². The second-order valence-corrected chi connectivity index (χ2v) is 1.16. The van der Waals surface area contributed by atoms with Crippen LogP contribution in [0.2, 0.25) is 0 Å². The molecule has 0 amide bonds. The number of hydrogen-bond donors (Lipinski definition) is 2. The minimum atomic E-state index is 0. The Labute approximate surface area is 68.1 Å². The van der Waals surface area contributed by atoms with E-state index in [2.05, 4.69) is 5.32 Å². The van der Waals surface area contributed by atoms with Crippen LogP contribution >= 0.6 is 0 Å². The van der Waals surface area contributed by atoms with Crippen LogP contribution in [0.4, 0.5) is 0 Å². The molecule has 3 N–H and O–H groups in total. The minimum absolute atomic E-state index is 0. The third-order valence-electron chi connectivity index (χ3n) is 0.549. The zero-order valence-corrected chi connectivity index (χ0v) is 7.14. The molecular formula is C4H10N2OZr. The Morgan fingerprint density at radius 2 is 2.25 bits per heavy atom. The van der Waals surface area contributed by atoms with Crippen molar-refractivity contribution in [3.63, 3.8) is 0 Å². The van der Waals surface area contributed by atoms with E-state index < -0.39 is 0 Å². The molecule has 0 saturated heterocycles. The second kappa shape index (κ2) is 10.5. The van der Waals surface area contributed by atoms with E-state index >= 15 is 0 Å². The minimum Gasteiger partial charge on any atom is -0.329 e. The molecule has 46 valence electrons. The van der Waals surface area contributed by atoms with Gasteiger partial charge in [-0.1, -0.05) is 0 Å². The number of hydrogen-bond acceptors (Lipinski definition) is 3. The first-order chi connectivity index (χ1) is 3.41. The molecular weight excluding hydrogens is 183 g/mol. The van der Waals surface area contributed by atoms with Gasteiger partial charge in [0.15, 0.2) is 0 Å². The van der Waals surface area contributed by atoms with Gasteiger partial charge in [-0.2, -0.15) is 0 Å². The molecule has 0 aliphatic heterocycles. The van der Waals surface area contributed by atoms with E-state index in [4.69, 9.17) is 5.73 Å². The molecule has 0 heterocycles. The SMILES string of the molecule is NCCNCC=O.[Zr]. The number of nitrogens with one attached hydrogen (secondary N) is 1. The number of aldehydes is 1. The monoisotopic (exact) mass is 192 g/mol. The molecule has 0 atom stereocenters. The van der Waals surface area contributed by atoms with Gasteiger partial charge in [0, 0.05) is 39.3 Å². The third-order valence-corrected chi connectivity index (χ3v) is 0.549. The maximum Gasteiger partial charge on any atom is 0.133 e. The molecule has 3 nitrogen and oxygen atoms in total. The zero-order valence-electron chi connectivity index (χ0n) is 4.68. The molecule has 0 aromatic carbocycles. The number of rotatable bonds is 4. The summed E-state index contributed by atoms with van der Waals surface area (Å²) in [7, 11) is 0. The van der Waals surface area contributed by atoms with Gasteiger partial charge in [0.05, 0.1) is 6.54 Å². The molecule has 0 unspecified atom stereocenters. The van der Waals surface area contributed by atoms with E-state index in [0.29, 0.717) is 13.1 Å². The van der Waals surface area contributed by atoms with Gasteiger partial charge in [0.1, 0.15) is 6.29 Å². The third kappa shape index (κ3) is 9.69. The summed E-state index contributed by atoms with van der Waals surface area (Å²) in [6.07, 6.45) is 0.815. The van der Waals surface area contributed by atoms with Crippen molar-refractivity contribution in [2.75, 3.05) is 19.6 Å². The maximum atomic E-state index is 9.58. The fraction of sp³-hybridized carbons (Fsp3) is 0.750. The molecule has 0 radical (unpaired) electrons. The Morgan fingerprint density at radius 3 is 2.62 bits per heavy atom. The maximum absolute atomic E-state index is 9.58. The summed E-state index contributed by atoms with van der Waals surface area (Å²) in [5.41, 5.74) is 5.09. The van der Waals surface area contributed by atoms with Crippen LogP contribution in [0.25, 0.3) is 0 Å². The fourth-order valence-electron chi connectivity index (χ4n) is 0.263. The van der Waals surface area contributed by atoms with E-state index in [-0.39, 0.29) is 26.2 Å². The Kier molecular flexibility index (Phi) is 14.8. The van der Waals surface area contributed by atoms with Crippen LogP contribution in [-0.4, -0.2) is 25.9 Å². The van der Waals surface area contributed by atoms with Gasteiger partial charge < -0.3 is 15.8 Å². The molecule has 0 aromatic heterocycles. The smallest absolute Gasteiger partial charge is 0.133 e. The molecule has 0 aliphatic carbocycles. The summed E-state index contributed by atoms with van der Waals surface area (Å²) >= 11 is 0. The first-order valence-electron chi connectivity index (χ1n) is 2.26. The van der Waals surface area contributed by atoms with Crippen molar-refractivity contribution in [2.45, 2.75) is 0 Å². The van der Waals surface area contributed by atoms with Crippen molar-refractivity contribution in [1.29, 1.82) is 0 Å². The summed E-state index contributed by atoms with van der Waals surface area (Å²) in [5, 5.41) is 2.79. The van der Waals surface area contributed by atoms with Crippen LogP contribution < -0.4 is 11.1 Å².